The van der Waals surface area contributed by atoms with Gasteiger partial charge in [0, 0.05) is 5.56 Å². The van der Waals surface area contributed by atoms with Gasteiger partial charge in [-0.2, -0.15) is 0 Å². The summed E-state index contributed by atoms with van der Waals surface area (Å²) in [5.41, 5.74) is 0.878. The lowest BCUT2D eigenvalue weighted by Crippen LogP contribution is -2.35. The Morgan fingerprint density at radius 3 is 2.10 bits per heavy atom. The van der Waals surface area contributed by atoms with Gasteiger partial charge in [-0.25, -0.2) is 0 Å². The van der Waals surface area contributed by atoms with Crippen LogP contribution in [0.1, 0.15) is 5.56 Å². The van der Waals surface area contributed by atoms with Crippen molar-refractivity contribution in [2.24, 2.45) is 0 Å². The Kier molecular flexibility index (Phi) is 6.87. The van der Waals surface area contributed by atoms with Crippen molar-refractivity contribution < 1.29 is 19.1 Å². The third kappa shape index (κ3) is 6.03. The quantitative estimate of drug-likeness (QED) is 0.584. The van der Waals surface area contributed by atoms with E-state index < -0.39 is 11.9 Å². The standard InChI is InChI=1S/C15H17NO4/c1-19-14(17)11-16(12-15(18)20-2)10-6-9-13-7-4-3-5-8-13/h3-5,7-8H,10-12H2,1-2H3. The molecular weight excluding hydrogens is 258 g/mol. The van der Waals surface area contributed by atoms with Crippen molar-refractivity contribution in [1.29, 1.82) is 0 Å². The lowest BCUT2D eigenvalue weighted by atomic mass is 10.2. The van der Waals surface area contributed by atoms with Crippen LogP contribution in [-0.4, -0.2) is 50.7 Å². The molecule has 106 valence electrons. The normalized spacial score (nSPS) is 9.55. The highest BCUT2D eigenvalue weighted by atomic mass is 16.5. The molecule has 20 heavy (non-hydrogen) atoms. The maximum Gasteiger partial charge on any atom is 0.319 e. The van der Waals surface area contributed by atoms with Crippen molar-refractivity contribution >= 4 is 11.9 Å². The van der Waals surface area contributed by atoms with Gasteiger partial charge in [0.15, 0.2) is 0 Å². The third-order valence-corrected chi connectivity index (χ3v) is 2.47. The van der Waals surface area contributed by atoms with E-state index in [1.807, 2.05) is 30.3 Å². The number of esters is 2. The molecule has 0 aliphatic heterocycles. The first kappa shape index (κ1) is 15.7. The predicted octanol–water partition coefficient (Wildman–Crippen LogP) is 0.686. The van der Waals surface area contributed by atoms with Crippen LogP contribution >= 0.6 is 0 Å². The molecule has 1 rings (SSSR count). The topological polar surface area (TPSA) is 55.8 Å². The van der Waals surface area contributed by atoms with Crippen LogP contribution in [0.5, 0.6) is 0 Å². The minimum atomic E-state index is -0.421. The highest BCUT2D eigenvalue weighted by Gasteiger charge is 2.14. The number of rotatable bonds is 5. The van der Waals surface area contributed by atoms with Crippen LogP contribution in [0.4, 0.5) is 0 Å². The van der Waals surface area contributed by atoms with Crippen molar-refractivity contribution in [3.8, 4) is 11.8 Å². The molecule has 0 bridgehead atoms. The van der Waals surface area contributed by atoms with Crippen molar-refractivity contribution in [2.45, 2.75) is 0 Å². The van der Waals surface area contributed by atoms with Gasteiger partial charge in [-0.05, 0) is 12.1 Å². The van der Waals surface area contributed by atoms with E-state index in [4.69, 9.17) is 0 Å². The molecule has 0 aliphatic rings. The van der Waals surface area contributed by atoms with Crippen LogP contribution in [0.3, 0.4) is 0 Å². The summed E-state index contributed by atoms with van der Waals surface area (Å²) in [5.74, 6) is 5.04. The van der Waals surface area contributed by atoms with Gasteiger partial charge in [0.05, 0.1) is 33.9 Å². The summed E-state index contributed by atoms with van der Waals surface area (Å²) in [5, 5.41) is 0. The molecule has 5 nitrogen and oxygen atoms in total. The van der Waals surface area contributed by atoms with E-state index in [1.54, 1.807) is 4.90 Å². The fourth-order valence-electron chi connectivity index (χ4n) is 1.44. The SMILES string of the molecule is COC(=O)CN(CC#Cc1ccccc1)CC(=O)OC. The number of hydrogen-bond acceptors (Lipinski definition) is 5. The Bertz CT molecular complexity index is 484. The minimum Gasteiger partial charge on any atom is -0.468 e. The number of nitrogens with zero attached hydrogens (tertiary/aromatic N) is 1. The van der Waals surface area contributed by atoms with Gasteiger partial charge in [-0.15, -0.1) is 0 Å². The van der Waals surface area contributed by atoms with Crippen molar-refractivity contribution in [3.63, 3.8) is 0 Å². The molecule has 0 N–H and O–H groups in total. The predicted molar refractivity (Wildman–Crippen MR) is 73.8 cm³/mol. The molecule has 0 saturated heterocycles. The zero-order chi connectivity index (χ0) is 14.8. The molecule has 0 aromatic heterocycles. The Morgan fingerprint density at radius 2 is 1.60 bits per heavy atom. The summed E-state index contributed by atoms with van der Waals surface area (Å²) in [6.45, 7) is 0.267. The van der Waals surface area contributed by atoms with Crippen molar-refractivity contribution in [1.82, 2.24) is 4.90 Å². The van der Waals surface area contributed by atoms with Crippen LogP contribution in [-0.2, 0) is 19.1 Å². The maximum atomic E-state index is 11.3. The Balaban J connectivity index is 2.62. The van der Waals surface area contributed by atoms with E-state index in [2.05, 4.69) is 21.3 Å². The Hall–Kier alpha value is -2.32. The van der Waals surface area contributed by atoms with Crippen LogP contribution in [0.25, 0.3) is 0 Å². The average Bonchev–Trinajstić information content (AvgIpc) is 2.47. The first-order valence-electron chi connectivity index (χ1n) is 6.05. The van der Waals surface area contributed by atoms with Crippen LogP contribution < -0.4 is 0 Å². The summed E-state index contributed by atoms with van der Waals surface area (Å²) in [4.78, 5) is 24.1. The fraction of sp³-hybridized carbons (Fsp3) is 0.333. The molecule has 0 amide bonds. The largest absolute Gasteiger partial charge is 0.468 e. The second kappa shape index (κ2) is 8.73. The van der Waals surface area contributed by atoms with Crippen LogP contribution in [0.2, 0.25) is 0 Å². The zero-order valence-corrected chi connectivity index (χ0v) is 11.6. The molecule has 0 aliphatic carbocycles. The van der Waals surface area contributed by atoms with Crippen LogP contribution in [0.15, 0.2) is 30.3 Å². The second-order valence-electron chi connectivity index (χ2n) is 3.97. The highest BCUT2D eigenvalue weighted by molar-refractivity contribution is 5.74. The lowest BCUT2D eigenvalue weighted by molar-refractivity contribution is -0.145. The molecule has 5 heteroatoms. The van der Waals surface area contributed by atoms with E-state index in [0.717, 1.165) is 5.56 Å². The molecule has 1 aromatic carbocycles. The molecule has 0 spiro atoms. The van der Waals surface area contributed by atoms with Gasteiger partial charge in [-0.3, -0.25) is 14.5 Å². The minimum absolute atomic E-state index is 0.00489. The molecule has 0 unspecified atom stereocenters. The van der Waals surface area contributed by atoms with Crippen molar-refractivity contribution in [2.75, 3.05) is 33.9 Å². The fourth-order valence-corrected chi connectivity index (χ4v) is 1.44. The monoisotopic (exact) mass is 275 g/mol. The number of carbonyl (C=O) groups is 2. The van der Waals surface area contributed by atoms with Gasteiger partial charge >= 0.3 is 11.9 Å². The van der Waals surface area contributed by atoms with Gasteiger partial charge in [0.25, 0.3) is 0 Å². The van der Waals surface area contributed by atoms with Gasteiger partial charge in [0.2, 0.25) is 0 Å². The third-order valence-electron chi connectivity index (χ3n) is 2.47. The summed E-state index contributed by atoms with van der Waals surface area (Å²) in [6.07, 6.45) is 0. The second-order valence-corrected chi connectivity index (χ2v) is 3.97. The van der Waals surface area contributed by atoms with E-state index in [1.165, 1.54) is 14.2 Å². The summed E-state index contributed by atoms with van der Waals surface area (Å²) in [6, 6.07) is 9.47. The van der Waals surface area contributed by atoms with E-state index >= 15 is 0 Å². The van der Waals surface area contributed by atoms with Crippen molar-refractivity contribution in [3.05, 3.63) is 35.9 Å². The maximum absolute atomic E-state index is 11.3. The smallest absolute Gasteiger partial charge is 0.319 e. The summed E-state index contributed by atoms with van der Waals surface area (Å²) >= 11 is 0. The molecule has 1 aromatic rings. The van der Waals surface area contributed by atoms with Gasteiger partial charge in [0.1, 0.15) is 0 Å². The number of carbonyl (C=O) groups excluding carboxylic acids is 2. The molecular formula is C15H17NO4. The summed E-state index contributed by atoms with van der Waals surface area (Å²) < 4.78 is 9.16. The van der Waals surface area contributed by atoms with Crippen LogP contribution in [0, 0.1) is 11.8 Å². The molecule has 0 fully saturated rings. The zero-order valence-electron chi connectivity index (χ0n) is 11.6. The molecule has 0 saturated carbocycles. The first-order valence-corrected chi connectivity index (χ1v) is 6.05. The van der Waals surface area contributed by atoms with Gasteiger partial charge in [-0.1, -0.05) is 30.0 Å². The Labute approximate surface area is 118 Å². The molecule has 0 atom stereocenters. The number of hydrogen-bond donors (Lipinski definition) is 0. The molecule has 0 radical (unpaired) electrons. The average molecular weight is 275 g/mol. The van der Waals surface area contributed by atoms with E-state index in [9.17, 15) is 9.59 Å². The lowest BCUT2D eigenvalue weighted by Gasteiger charge is -2.16. The summed E-state index contributed by atoms with van der Waals surface area (Å²) in [7, 11) is 2.60. The van der Waals surface area contributed by atoms with E-state index in [0.29, 0.717) is 0 Å². The Morgan fingerprint density at radius 1 is 1.05 bits per heavy atom. The van der Waals surface area contributed by atoms with Gasteiger partial charge < -0.3 is 9.47 Å². The number of ether oxygens (including phenoxy) is 2. The first-order chi connectivity index (χ1) is 9.65. The van der Waals surface area contributed by atoms with E-state index in [-0.39, 0.29) is 19.6 Å². The highest BCUT2D eigenvalue weighted by Crippen LogP contribution is 1.95. The molecule has 0 heterocycles. The number of methoxy groups -OCH3 is 2. The number of benzene rings is 1.